The van der Waals surface area contributed by atoms with E-state index in [0.717, 1.165) is 11.6 Å². The van der Waals surface area contributed by atoms with Crippen molar-refractivity contribution in [1.82, 2.24) is 15.0 Å². The van der Waals surface area contributed by atoms with Gasteiger partial charge in [0, 0.05) is 11.6 Å². The molecule has 3 nitrogen and oxygen atoms in total. The third kappa shape index (κ3) is 1.60. The topological polar surface area (TPSA) is 30.7 Å². The zero-order valence-electron chi connectivity index (χ0n) is 8.78. The zero-order valence-corrected chi connectivity index (χ0v) is 8.78. The minimum absolute atomic E-state index is 0.121. The third-order valence-corrected chi connectivity index (χ3v) is 2.69. The van der Waals surface area contributed by atoms with E-state index in [1.807, 2.05) is 4.68 Å². The first-order chi connectivity index (χ1) is 5.98. The lowest BCUT2D eigenvalue weighted by atomic mass is 9.93. The van der Waals surface area contributed by atoms with Crippen LogP contribution in [0.15, 0.2) is 6.20 Å². The number of aromatic nitrogens is 3. The molecule has 0 N–H and O–H groups in total. The lowest BCUT2D eigenvalue weighted by Crippen LogP contribution is -2.11. The van der Waals surface area contributed by atoms with E-state index in [2.05, 4.69) is 44.2 Å². The Labute approximate surface area is 79.1 Å². The Morgan fingerprint density at radius 3 is 2.46 bits per heavy atom. The van der Waals surface area contributed by atoms with E-state index >= 15 is 0 Å². The van der Waals surface area contributed by atoms with Gasteiger partial charge in [-0.3, -0.25) is 0 Å². The van der Waals surface area contributed by atoms with Crippen LogP contribution in [-0.4, -0.2) is 15.0 Å². The van der Waals surface area contributed by atoms with E-state index < -0.39 is 0 Å². The van der Waals surface area contributed by atoms with Crippen molar-refractivity contribution in [2.45, 2.75) is 45.6 Å². The molecule has 0 radical (unpaired) electrons. The van der Waals surface area contributed by atoms with Gasteiger partial charge < -0.3 is 0 Å². The number of rotatable bonds is 1. The summed E-state index contributed by atoms with van der Waals surface area (Å²) >= 11 is 0. The van der Waals surface area contributed by atoms with E-state index in [1.54, 1.807) is 0 Å². The molecule has 0 aromatic carbocycles. The Morgan fingerprint density at radius 2 is 2.08 bits per heavy atom. The molecule has 3 heteroatoms. The van der Waals surface area contributed by atoms with Gasteiger partial charge in [-0.05, 0) is 12.3 Å². The average molecular weight is 179 g/mol. The third-order valence-electron chi connectivity index (χ3n) is 2.69. The second-order valence-electron chi connectivity index (χ2n) is 5.11. The standard InChI is InChI=1S/C10H17N3/c1-7-5-8(7)13-6-9(11-12-13)10(2,3)4/h6-8H,5H2,1-4H3. The molecule has 1 fully saturated rings. The van der Waals surface area contributed by atoms with Crippen LogP contribution in [0.5, 0.6) is 0 Å². The van der Waals surface area contributed by atoms with E-state index in [9.17, 15) is 0 Å². The predicted molar refractivity (Wildman–Crippen MR) is 51.5 cm³/mol. The Morgan fingerprint density at radius 1 is 1.46 bits per heavy atom. The molecule has 1 saturated carbocycles. The molecule has 2 atom stereocenters. The summed E-state index contributed by atoms with van der Waals surface area (Å²) in [7, 11) is 0. The van der Waals surface area contributed by atoms with Crippen molar-refractivity contribution in [3.8, 4) is 0 Å². The summed E-state index contributed by atoms with van der Waals surface area (Å²) in [4.78, 5) is 0. The molecule has 1 heterocycles. The summed E-state index contributed by atoms with van der Waals surface area (Å²) in [6.07, 6.45) is 3.35. The minimum atomic E-state index is 0.121. The van der Waals surface area contributed by atoms with Gasteiger partial charge in [0.2, 0.25) is 0 Å². The fraction of sp³-hybridized carbons (Fsp3) is 0.800. The summed E-state index contributed by atoms with van der Waals surface area (Å²) in [6.45, 7) is 8.75. The summed E-state index contributed by atoms with van der Waals surface area (Å²) < 4.78 is 2.02. The quantitative estimate of drug-likeness (QED) is 0.661. The van der Waals surface area contributed by atoms with Crippen LogP contribution in [0.2, 0.25) is 0 Å². The SMILES string of the molecule is CC1CC1n1cc(C(C)(C)C)nn1. The highest BCUT2D eigenvalue weighted by atomic mass is 15.4. The zero-order chi connectivity index (χ0) is 9.64. The molecule has 0 amide bonds. The molecule has 2 rings (SSSR count). The molecule has 1 aromatic heterocycles. The lowest BCUT2D eigenvalue weighted by molar-refractivity contribution is 0.564. The Hall–Kier alpha value is -0.860. The first kappa shape index (κ1) is 8.73. The molecule has 0 bridgehead atoms. The molecule has 13 heavy (non-hydrogen) atoms. The maximum absolute atomic E-state index is 4.20. The number of hydrogen-bond acceptors (Lipinski definition) is 2. The fourth-order valence-electron chi connectivity index (χ4n) is 1.45. The maximum Gasteiger partial charge on any atom is 0.0880 e. The molecule has 72 valence electrons. The van der Waals surface area contributed by atoms with Gasteiger partial charge in [-0.25, -0.2) is 4.68 Å². The predicted octanol–water partition coefficient (Wildman–Crippen LogP) is 2.16. The largest absolute Gasteiger partial charge is 0.249 e. The highest BCUT2D eigenvalue weighted by molar-refractivity contribution is 5.08. The Bertz CT molecular complexity index is 308. The Balaban J connectivity index is 2.19. The van der Waals surface area contributed by atoms with Crippen molar-refractivity contribution in [2.75, 3.05) is 0 Å². The second-order valence-corrected chi connectivity index (χ2v) is 5.11. The fourth-order valence-corrected chi connectivity index (χ4v) is 1.45. The van der Waals surface area contributed by atoms with Crippen molar-refractivity contribution in [2.24, 2.45) is 5.92 Å². The van der Waals surface area contributed by atoms with Crippen molar-refractivity contribution >= 4 is 0 Å². The first-order valence-corrected chi connectivity index (χ1v) is 4.91. The van der Waals surface area contributed by atoms with Crippen molar-refractivity contribution in [3.05, 3.63) is 11.9 Å². The van der Waals surface area contributed by atoms with Gasteiger partial charge >= 0.3 is 0 Å². The van der Waals surface area contributed by atoms with Crippen molar-refractivity contribution < 1.29 is 0 Å². The van der Waals surface area contributed by atoms with Crippen molar-refractivity contribution in [3.63, 3.8) is 0 Å². The van der Waals surface area contributed by atoms with Crippen LogP contribution in [0.25, 0.3) is 0 Å². The monoisotopic (exact) mass is 179 g/mol. The van der Waals surface area contributed by atoms with Crippen LogP contribution in [0.4, 0.5) is 0 Å². The summed E-state index contributed by atoms with van der Waals surface area (Å²) in [5, 5.41) is 8.36. The van der Waals surface area contributed by atoms with Gasteiger partial charge in [0.05, 0.1) is 11.7 Å². The Kier molecular flexibility index (Phi) is 1.72. The van der Waals surface area contributed by atoms with Crippen molar-refractivity contribution in [1.29, 1.82) is 0 Å². The molecule has 0 aliphatic heterocycles. The van der Waals surface area contributed by atoms with Gasteiger partial charge in [0.15, 0.2) is 0 Å². The van der Waals surface area contributed by atoms with E-state index in [-0.39, 0.29) is 5.41 Å². The van der Waals surface area contributed by atoms with Gasteiger partial charge in [0.25, 0.3) is 0 Å². The van der Waals surface area contributed by atoms with Gasteiger partial charge in [-0.15, -0.1) is 5.10 Å². The molecule has 1 aliphatic rings. The summed E-state index contributed by atoms with van der Waals surface area (Å²) in [5.74, 6) is 0.787. The summed E-state index contributed by atoms with van der Waals surface area (Å²) in [5.41, 5.74) is 1.21. The molecule has 0 saturated heterocycles. The van der Waals surface area contributed by atoms with Crippen LogP contribution in [0, 0.1) is 5.92 Å². The number of nitrogens with zero attached hydrogens (tertiary/aromatic N) is 3. The van der Waals surface area contributed by atoms with Gasteiger partial charge in [0.1, 0.15) is 0 Å². The van der Waals surface area contributed by atoms with Crippen LogP contribution in [-0.2, 0) is 5.41 Å². The maximum atomic E-state index is 4.20. The van der Waals surface area contributed by atoms with Gasteiger partial charge in [-0.1, -0.05) is 32.9 Å². The van der Waals surface area contributed by atoms with Crippen LogP contribution in [0.1, 0.15) is 45.9 Å². The molecule has 2 unspecified atom stereocenters. The highest BCUT2D eigenvalue weighted by Crippen LogP contribution is 2.42. The molecular formula is C10H17N3. The van der Waals surface area contributed by atoms with Gasteiger partial charge in [-0.2, -0.15) is 0 Å². The minimum Gasteiger partial charge on any atom is -0.249 e. The normalized spacial score (nSPS) is 27.7. The van der Waals surface area contributed by atoms with Crippen LogP contribution in [0.3, 0.4) is 0 Å². The summed E-state index contributed by atoms with van der Waals surface area (Å²) in [6, 6.07) is 0.614. The van der Waals surface area contributed by atoms with Crippen LogP contribution >= 0.6 is 0 Å². The second kappa shape index (κ2) is 2.56. The van der Waals surface area contributed by atoms with Crippen LogP contribution < -0.4 is 0 Å². The van der Waals surface area contributed by atoms with E-state index in [4.69, 9.17) is 0 Å². The number of hydrogen-bond donors (Lipinski definition) is 0. The molecular weight excluding hydrogens is 162 g/mol. The lowest BCUT2D eigenvalue weighted by Gasteiger charge is -2.12. The smallest absolute Gasteiger partial charge is 0.0880 e. The van der Waals surface area contributed by atoms with E-state index in [0.29, 0.717) is 6.04 Å². The molecule has 0 spiro atoms. The average Bonchev–Trinajstić information content (AvgIpc) is 2.57. The van der Waals surface area contributed by atoms with E-state index in [1.165, 1.54) is 6.42 Å². The first-order valence-electron chi connectivity index (χ1n) is 4.91. The molecule has 1 aliphatic carbocycles. The highest BCUT2D eigenvalue weighted by Gasteiger charge is 2.36. The molecule has 1 aromatic rings.